The van der Waals surface area contributed by atoms with E-state index < -0.39 is 0 Å². The zero-order valence-electron chi connectivity index (χ0n) is 7.66. The van der Waals surface area contributed by atoms with Gasteiger partial charge in [0.25, 0.3) is 0 Å². The maximum absolute atomic E-state index is 9.55. The lowest BCUT2D eigenvalue weighted by atomic mass is 10.1. The second-order valence-electron chi connectivity index (χ2n) is 4.19. The Morgan fingerprint density at radius 2 is 2.08 bits per heavy atom. The summed E-state index contributed by atoms with van der Waals surface area (Å²) in [5.41, 5.74) is 0. The number of likely N-dealkylation sites (tertiary alicyclic amines) is 1. The molecule has 2 N–H and O–H groups in total. The zero-order valence-corrected chi connectivity index (χ0v) is 7.66. The maximum atomic E-state index is 9.55. The summed E-state index contributed by atoms with van der Waals surface area (Å²) in [4.78, 5) is 2.29. The molecule has 0 aromatic carbocycles. The van der Waals surface area contributed by atoms with E-state index in [1.54, 1.807) is 0 Å². The van der Waals surface area contributed by atoms with E-state index >= 15 is 0 Å². The molecule has 3 heteroatoms. The molecule has 1 aliphatic carbocycles. The minimum atomic E-state index is -0.0871. The molecule has 70 valence electrons. The number of aliphatic hydroxyl groups excluding tert-OH is 1. The summed E-state index contributed by atoms with van der Waals surface area (Å²) in [5.74, 6) is 0. The van der Waals surface area contributed by atoms with E-state index in [1.165, 1.54) is 6.42 Å². The van der Waals surface area contributed by atoms with Crippen molar-refractivity contribution in [2.45, 2.75) is 37.5 Å². The Morgan fingerprint density at radius 3 is 2.58 bits per heavy atom. The van der Waals surface area contributed by atoms with Gasteiger partial charge in [-0.15, -0.1) is 0 Å². The van der Waals surface area contributed by atoms with Crippen LogP contribution >= 0.6 is 0 Å². The molecule has 0 amide bonds. The second kappa shape index (κ2) is 3.32. The van der Waals surface area contributed by atoms with Crippen LogP contribution in [0.25, 0.3) is 0 Å². The van der Waals surface area contributed by atoms with E-state index in [9.17, 15) is 5.11 Å². The molecule has 0 spiro atoms. The number of nitrogens with one attached hydrogen (secondary N) is 1. The molecule has 1 saturated carbocycles. The lowest BCUT2D eigenvalue weighted by Crippen LogP contribution is -2.59. The van der Waals surface area contributed by atoms with Gasteiger partial charge < -0.3 is 15.3 Å². The third-order valence-electron chi connectivity index (χ3n) is 2.99. The SMILES string of the molecule is CN1CC(NC2CCCC2O)C1. The highest BCUT2D eigenvalue weighted by atomic mass is 16.3. The van der Waals surface area contributed by atoms with Crippen LogP contribution in [0.4, 0.5) is 0 Å². The van der Waals surface area contributed by atoms with Crippen molar-refractivity contribution < 1.29 is 5.11 Å². The average Bonchev–Trinajstić information content (AvgIpc) is 2.33. The van der Waals surface area contributed by atoms with Crippen molar-refractivity contribution in [1.29, 1.82) is 0 Å². The molecule has 0 aromatic rings. The summed E-state index contributed by atoms with van der Waals surface area (Å²) in [6, 6.07) is 1.01. The molecular formula is C9H18N2O. The van der Waals surface area contributed by atoms with Crippen LogP contribution < -0.4 is 5.32 Å². The molecule has 1 heterocycles. The average molecular weight is 170 g/mol. The summed E-state index contributed by atoms with van der Waals surface area (Å²) < 4.78 is 0. The fourth-order valence-corrected chi connectivity index (χ4v) is 2.24. The number of rotatable bonds is 2. The first-order chi connectivity index (χ1) is 5.75. The van der Waals surface area contributed by atoms with Gasteiger partial charge in [0.05, 0.1) is 6.10 Å². The zero-order chi connectivity index (χ0) is 8.55. The van der Waals surface area contributed by atoms with Gasteiger partial charge >= 0.3 is 0 Å². The molecule has 1 aliphatic heterocycles. The van der Waals surface area contributed by atoms with Crippen molar-refractivity contribution in [2.24, 2.45) is 0 Å². The fraction of sp³-hybridized carbons (Fsp3) is 1.00. The summed E-state index contributed by atoms with van der Waals surface area (Å²) in [6.07, 6.45) is 3.24. The van der Waals surface area contributed by atoms with E-state index in [4.69, 9.17) is 0 Å². The molecule has 0 aromatic heterocycles. The first kappa shape index (κ1) is 8.48. The van der Waals surface area contributed by atoms with Crippen LogP contribution in [0.1, 0.15) is 19.3 Å². The monoisotopic (exact) mass is 170 g/mol. The van der Waals surface area contributed by atoms with Gasteiger partial charge in [-0.2, -0.15) is 0 Å². The van der Waals surface area contributed by atoms with E-state index in [2.05, 4.69) is 17.3 Å². The highest BCUT2D eigenvalue weighted by molar-refractivity contribution is 4.91. The Morgan fingerprint density at radius 1 is 1.33 bits per heavy atom. The van der Waals surface area contributed by atoms with Crippen LogP contribution in [0.5, 0.6) is 0 Å². The minimum Gasteiger partial charge on any atom is -0.392 e. The van der Waals surface area contributed by atoms with Crippen molar-refractivity contribution in [1.82, 2.24) is 10.2 Å². The van der Waals surface area contributed by atoms with Crippen LogP contribution in [-0.4, -0.2) is 48.3 Å². The van der Waals surface area contributed by atoms with Crippen LogP contribution in [0, 0.1) is 0 Å². The van der Waals surface area contributed by atoms with Crippen molar-refractivity contribution in [3.63, 3.8) is 0 Å². The normalized spacial score (nSPS) is 38.5. The van der Waals surface area contributed by atoms with Gasteiger partial charge in [-0.05, 0) is 26.3 Å². The molecule has 2 fully saturated rings. The third kappa shape index (κ3) is 1.63. The predicted octanol–water partition coefficient (Wildman–Crippen LogP) is -0.197. The van der Waals surface area contributed by atoms with E-state index in [-0.39, 0.29) is 6.10 Å². The molecule has 12 heavy (non-hydrogen) atoms. The van der Waals surface area contributed by atoms with E-state index in [1.807, 2.05) is 0 Å². The van der Waals surface area contributed by atoms with Crippen molar-refractivity contribution >= 4 is 0 Å². The number of hydrogen-bond donors (Lipinski definition) is 2. The van der Waals surface area contributed by atoms with Gasteiger partial charge in [0.15, 0.2) is 0 Å². The molecule has 2 aliphatic rings. The van der Waals surface area contributed by atoms with Gasteiger partial charge in [-0.1, -0.05) is 0 Å². The first-order valence-electron chi connectivity index (χ1n) is 4.88. The maximum Gasteiger partial charge on any atom is 0.0693 e. The standard InChI is InChI=1S/C9H18N2O/c1-11-5-7(6-11)10-8-3-2-4-9(8)12/h7-10,12H,2-6H2,1H3. The molecule has 2 atom stereocenters. The summed E-state index contributed by atoms with van der Waals surface area (Å²) >= 11 is 0. The van der Waals surface area contributed by atoms with Crippen LogP contribution in [0.2, 0.25) is 0 Å². The second-order valence-corrected chi connectivity index (χ2v) is 4.19. The Kier molecular flexibility index (Phi) is 2.35. The summed E-state index contributed by atoms with van der Waals surface area (Å²) in [5, 5.41) is 13.1. The topological polar surface area (TPSA) is 35.5 Å². The van der Waals surface area contributed by atoms with E-state index in [0.717, 1.165) is 25.9 Å². The molecule has 2 rings (SSSR count). The van der Waals surface area contributed by atoms with Crippen LogP contribution in [-0.2, 0) is 0 Å². The third-order valence-corrected chi connectivity index (χ3v) is 2.99. The smallest absolute Gasteiger partial charge is 0.0693 e. The van der Waals surface area contributed by atoms with Crippen molar-refractivity contribution in [3.8, 4) is 0 Å². The Bertz CT molecular complexity index is 157. The van der Waals surface area contributed by atoms with Gasteiger partial charge in [-0.25, -0.2) is 0 Å². The van der Waals surface area contributed by atoms with Gasteiger partial charge in [0.2, 0.25) is 0 Å². The first-order valence-corrected chi connectivity index (χ1v) is 4.88. The number of nitrogens with zero attached hydrogens (tertiary/aromatic N) is 1. The van der Waals surface area contributed by atoms with E-state index in [0.29, 0.717) is 12.1 Å². The quantitative estimate of drug-likeness (QED) is 0.602. The highest BCUT2D eigenvalue weighted by Gasteiger charge is 2.31. The van der Waals surface area contributed by atoms with Crippen molar-refractivity contribution in [2.75, 3.05) is 20.1 Å². The Hall–Kier alpha value is -0.120. The minimum absolute atomic E-state index is 0.0871. The van der Waals surface area contributed by atoms with Gasteiger partial charge in [0, 0.05) is 25.2 Å². The fourth-order valence-electron chi connectivity index (χ4n) is 2.24. The summed E-state index contributed by atoms with van der Waals surface area (Å²) in [7, 11) is 2.13. The molecule has 1 saturated heterocycles. The number of aliphatic hydroxyl groups is 1. The predicted molar refractivity (Wildman–Crippen MR) is 48.1 cm³/mol. The molecular weight excluding hydrogens is 152 g/mol. The van der Waals surface area contributed by atoms with Gasteiger partial charge in [-0.3, -0.25) is 0 Å². The summed E-state index contributed by atoms with van der Waals surface area (Å²) in [6.45, 7) is 2.28. The van der Waals surface area contributed by atoms with Crippen LogP contribution in [0.15, 0.2) is 0 Å². The lowest BCUT2D eigenvalue weighted by molar-refractivity contribution is 0.103. The number of likely N-dealkylation sites (N-methyl/N-ethyl adjacent to an activating group) is 1. The molecule has 2 unspecified atom stereocenters. The Labute approximate surface area is 73.8 Å². The van der Waals surface area contributed by atoms with Gasteiger partial charge in [0.1, 0.15) is 0 Å². The molecule has 3 nitrogen and oxygen atoms in total. The largest absolute Gasteiger partial charge is 0.392 e. The lowest BCUT2D eigenvalue weighted by Gasteiger charge is -2.39. The Balaban J connectivity index is 1.72. The number of hydrogen-bond acceptors (Lipinski definition) is 3. The molecule has 0 bridgehead atoms. The molecule has 0 radical (unpaired) electrons. The van der Waals surface area contributed by atoms with Crippen LogP contribution in [0.3, 0.4) is 0 Å². The highest BCUT2D eigenvalue weighted by Crippen LogP contribution is 2.20. The van der Waals surface area contributed by atoms with Crippen molar-refractivity contribution in [3.05, 3.63) is 0 Å².